The van der Waals surface area contributed by atoms with Crippen LogP contribution in [0.1, 0.15) is 51.7 Å². The predicted octanol–water partition coefficient (Wildman–Crippen LogP) is 4.04. The lowest BCUT2D eigenvalue weighted by molar-refractivity contribution is -0.122. The van der Waals surface area contributed by atoms with Crippen molar-refractivity contribution >= 4 is 45.5 Å². The fourth-order valence-electron chi connectivity index (χ4n) is 4.18. The third-order valence-corrected chi connectivity index (χ3v) is 7.25. The number of thiophene rings is 1. The summed E-state index contributed by atoms with van der Waals surface area (Å²) in [6.45, 7) is 6.18. The first kappa shape index (κ1) is 21.4. The quantitative estimate of drug-likeness (QED) is 0.623. The highest BCUT2D eigenvalue weighted by Gasteiger charge is 2.31. The zero-order valence-corrected chi connectivity index (χ0v) is 19.0. The molecule has 7 nitrogen and oxygen atoms in total. The van der Waals surface area contributed by atoms with Gasteiger partial charge in [0.05, 0.1) is 30.5 Å². The molecule has 0 saturated carbocycles. The first-order valence-electron chi connectivity index (χ1n) is 10.5. The first-order chi connectivity index (χ1) is 14.8. The van der Waals surface area contributed by atoms with Crippen molar-refractivity contribution < 1.29 is 19.1 Å². The van der Waals surface area contributed by atoms with Gasteiger partial charge in [0.15, 0.2) is 0 Å². The van der Waals surface area contributed by atoms with E-state index in [2.05, 4.69) is 22.9 Å². The molecule has 2 aromatic rings. The largest absolute Gasteiger partial charge is 0.465 e. The number of amides is 2. The van der Waals surface area contributed by atoms with Crippen LogP contribution < -0.4 is 16.0 Å². The molecule has 3 N–H and O–H groups in total. The standard InChI is InChI=1S/C23H27N3O4S/c1-11-5-6-14-18(7-11)31-22(20(14)23(29)30-4)26-19(27)10-17-21(28)25-16-9-13(3)12(2)8-15(16)24-17/h8-9,11,17,24H,5-7,10H2,1-4H3,(H,25,28)(H,26,27)/t11-,17+/m1/s1. The summed E-state index contributed by atoms with van der Waals surface area (Å²) in [4.78, 5) is 38.9. The maximum atomic E-state index is 12.8. The molecular weight excluding hydrogens is 414 g/mol. The van der Waals surface area contributed by atoms with Crippen molar-refractivity contribution in [1.82, 2.24) is 0 Å². The molecule has 8 heteroatoms. The summed E-state index contributed by atoms with van der Waals surface area (Å²) in [6, 6.07) is 3.20. The van der Waals surface area contributed by atoms with Gasteiger partial charge in [-0.15, -0.1) is 11.3 Å². The van der Waals surface area contributed by atoms with Crippen LogP contribution in [0, 0.1) is 19.8 Å². The minimum absolute atomic E-state index is 0.0439. The van der Waals surface area contributed by atoms with E-state index in [4.69, 9.17) is 4.74 Å². The molecule has 0 unspecified atom stereocenters. The fourth-order valence-corrected chi connectivity index (χ4v) is 5.59. The van der Waals surface area contributed by atoms with E-state index < -0.39 is 12.0 Å². The Morgan fingerprint density at radius 3 is 2.65 bits per heavy atom. The Bertz CT molecular complexity index is 1080. The molecule has 0 spiro atoms. The summed E-state index contributed by atoms with van der Waals surface area (Å²) in [5.74, 6) is -0.465. The number of ether oxygens (including phenoxy) is 1. The van der Waals surface area contributed by atoms with Crippen LogP contribution >= 0.6 is 11.3 Å². The average Bonchev–Trinajstić information content (AvgIpc) is 3.06. The topological polar surface area (TPSA) is 96.5 Å². The Balaban J connectivity index is 1.52. The molecule has 2 heterocycles. The smallest absolute Gasteiger partial charge is 0.341 e. The predicted molar refractivity (Wildman–Crippen MR) is 122 cm³/mol. The molecular formula is C23H27N3O4S. The number of anilines is 3. The molecule has 164 valence electrons. The van der Waals surface area contributed by atoms with Crippen molar-refractivity contribution in [2.75, 3.05) is 23.1 Å². The summed E-state index contributed by atoms with van der Waals surface area (Å²) in [5.41, 5.74) is 5.16. The van der Waals surface area contributed by atoms with E-state index in [0.717, 1.165) is 52.2 Å². The lowest BCUT2D eigenvalue weighted by atomic mass is 9.88. The van der Waals surface area contributed by atoms with Gasteiger partial charge in [-0.3, -0.25) is 9.59 Å². The maximum absolute atomic E-state index is 12.8. The van der Waals surface area contributed by atoms with Crippen LogP contribution in [0.4, 0.5) is 16.4 Å². The SMILES string of the molecule is COC(=O)c1c(NC(=O)C[C@@H]2Nc3cc(C)c(C)cc3NC2=O)sc2c1CC[C@@H](C)C2. The number of rotatable bonds is 4. The van der Waals surface area contributed by atoms with Crippen LogP contribution in [-0.4, -0.2) is 30.9 Å². The maximum Gasteiger partial charge on any atom is 0.341 e. The molecule has 1 aliphatic heterocycles. The van der Waals surface area contributed by atoms with Crippen molar-refractivity contribution in [2.24, 2.45) is 5.92 Å². The van der Waals surface area contributed by atoms with Gasteiger partial charge in [0.1, 0.15) is 11.0 Å². The van der Waals surface area contributed by atoms with Gasteiger partial charge in [-0.25, -0.2) is 4.79 Å². The van der Waals surface area contributed by atoms with E-state index in [1.807, 2.05) is 26.0 Å². The van der Waals surface area contributed by atoms with Gasteiger partial charge in [-0.1, -0.05) is 6.92 Å². The lowest BCUT2D eigenvalue weighted by Gasteiger charge is -2.27. The molecule has 1 aromatic heterocycles. The van der Waals surface area contributed by atoms with Crippen LogP contribution in [0.2, 0.25) is 0 Å². The third kappa shape index (κ3) is 4.17. The minimum atomic E-state index is -0.689. The van der Waals surface area contributed by atoms with Gasteiger partial charge >= 0.3 is 5.97 Å². The highest BCUT2D eigenvalue weighted by molar-refractivity contribution is 7.17. The van der Waals surface area contributed by atoms with E-state index in [9.17, 15) is 14.4 Å². The molecule has 2 atom stereocenters. The van der Waals surface area contributed by atoms with Crippen molar-refractivity contribution in [1.29, 1.82) is 0 Å². The normalized spacial score (nSPS) is 19.5. The van der Waals surface area contributed by atoms with Crippen molar-refractivity contribution in [3.63, 3.8) is 0 Å². The molecule has 0 saturated heterocycles. The number of hydrogen-bond acceptors (Lipinski definition) is 6. The Hall–Kier alpha value is -2.87. The second-order valence-corrected chi connectivity index (χ2v) is 9.57. The number of carbonyl (C=O) groups excluding carboxylic acids is 3. The Labute approximate surface area is 185 Å². The lowest BCUT2D eigenvalue weighted by Crippen LogP contribution is -2.41. The Morgan fingerprint density at radius 1 is 1.23 bits per heavy atom. The van der Waals surface area contributed by atoms with E-state index >= 15 is 0 Å². The zero-order valence-electron chi connectivity index (χ0n) is 18.2. The fraction of sp³-hybridized carbons (Fsp3) is 0.435. The monoisotopic (exact) mass is 441 g/mol. The van der Waals surface area contributed by atoms with Gasteiger partial charge in [-0.2, -0.15) is 0 Å². The molecule has 1 aromatic carbocycles. The number of methoxy groups -OCH3 is 1. The number of aryl methyl sites for hydroxylation is 2. The van der Waals surface area contributed by atoms with Crippen LogP contribution in [0.5, 0.6) is 0 Å². The summed E-state index contributed by atoms with van der Waals surface area (Å²) >= 11 is 1.44. The zero-order chi connectivity index (χ0) is 22.3. The summed E-state index contributed by atoms with van der Waals surface area (Å²) in [7, 11) is 1.35. The minimum Gasteiger partial charge on any atom is -0.465 e. The highest BCUT2D eigenvalue weighted by Crippen LogP contribution is 2.40. The number of benzene rings is 1. The summed E-state index contributed by atoms with van der Waals surface area (Å²) in [5, 5.41) is 9.43. The van der Waals surface area contributed by atoms with Crippen molar-refractivity contribution in [3.8, 4) is 0 Å². The molecule has 0 radical (unpaired) electrons. The number of nitrogens with one attached hydrogen (secondary N) is 3. The van der Waals surface area contributed by atoms with Crippen LogP contribution in [0.25, 0.3) is 0 Å². The molecule has 1 aliphatic carbocycles. The Kier molecular flexibility index (Phi) is 5.75. The number of esters is 1. The average molecular weight is 442 g/mol. The molecule has 0 fully saturated rings. The Morgan fingerprint density at radius 2 is 1.94 bits per heavy atom. The number of carbonyl (C=O) groups is 3. The highest BCUT2D eigenvalue weighted by atomic mass is 32.1. The molecule has 31 heavy (non-hydrogen) atoms. The van der Waals surface area contributed by atoms with Gasteiger partial charge in [0, 0.05) is 4.88 Å². The van der Waals surface area contributed by atoms with Gasteiger partial charge in [-0.05, 0) is 67.9 Å². The van der Waals surface area contributed by atoms with Crippen LogP contribution in [0.15, 0.2) is 12.1 Å². The number of fused-ring (bicyclic) bond motifs is 2. The second-order valence-electron chi connectivity index (χ2n) is 8.47. The molecule has 0 bridgehead atoms. The van der Waals surface area contributed by atoms with Gasteiger partial charge in [0.25, 0.3) is 0 Å². The van der Waals surface area contributed by atoms with Crippen molar-refractivity contribution in [2.45, 2.75) is 52.5 Å². The molecule has 4 rings (SSSR count). The van der Waals surface area contributed by atoms with E-state index in [-0.39, 0.29) is 18.2 Å². The third-order valence-electron chi connectivity index (χ3n) is 6.08. The van der Waals surface area contributed by atoms with Gasteiger partial charge < -0.3 is 20.7 Å². The summed E-state index contributed by atoms with van der Waals surface area (Å²) in [6.07, 6.45) is 2.65. The molecule has 2 amide bonds. The van der Waals surface area contributed by atoms with E-state index in [0.29, 0.717) is 16.5 Å². The van der Waals surface area contributed by atoms with Gasteiger partial charge in [0.2, 0.25) is 11.8 Å². The van der Waals surface area contributed by atoms with Crippen LogP contribution in [-0.2, 0) is 27.2 Å². The second kappa shape index (κ2) is 8.34. The van der Waals surface area contributed by atoms with E-state index in [1.54, 1.807) is 0 Å². The first-order valence-corrected chi connectivity index (χ1v) is 11.3. The molecule has 2 aliphatic rings. The van der Waals surface area contributed by atoms with Crippen LogP contribution in [0.3, 0.4) is 0 Å². The van der Waals surface area contributed by atoms with Crippen molar-refractivity contribution in [3.05, 3.63) is 39.3 Å². The summed E-state index contributed by atoms with van der Waals surface area (Å²) < 4.78 is 4.98. The van der Waals surface area contributed by atoms with E-state index in [1.165, 1.54) is 18.4 Å². The number of hydrogen-bond donors (Lipinski definition) is 3.